The van der Waals surface area contributed by atoms with Crippen LogP contribution in [0.3, 0.4) is 0 Å². The average Bonchev–Trinajstić information content (AvgIpc) is 3.87. The fourth-order valence-electron chi connectivity index (χ4n) is 8.37. The number of hydrogen-bond donors (Lipinski definition) is 0. The Labute approximate surface area is 305 Å². The first-order valence-electron chi connectivity index (χ1n) is 17.3. The van der Waals surface area contributed by atoms with Gasteiger partial charge in [0.25, 0.3) is 23.6 Å². The minimum absolute atomic E-state index is 0.0357. The molecule has 4 amide bonds. The van der Waals surface area contributed by atoms with E-state index in [-0.39, 0.29) is 22.8 Å². The first-order chi connectivity index (χ1) is 26.4. The topological polar surface area (TPSA) is 126 Å². The van der Waals surface area contributed by atoms with Crippen LogP contribution >= 0.6 is 0 Å². The number of carbonyl (C=O) groups excluding carboxylic acids is 4. The Kier molecular flexibility index (Phi) is 5.35. The Balaban J connectivity index is 0.819. The average molecular weight is 697 g/mol. The third-order valence-electron chi connectivity index (χ3n) is 10.8. The summed E-state index contributed by atoms with van der Waals surface area (Å²) in [7, 11) is 0. The van der Waals surface area contributed by atoms with Crippen molar-refractivity contribution in [3.05, 3.63) is 144 Å². The summed E-state index contributed by atoms with van der Waals surface area (Å²) in [5.41, 5.74) is 8.51. The predicted octanol–water partition coefficient (Wildman–Crippen LogP) is 8.14. The molecule has 4 aliphatic rings. The summed E-state index contributed by atoms with van der Waals surface area (Å²) in [6.07, 6.45) is 0. The summed E-state index contributed by atoms with van der Waals surface area (Å²) >= 11 is 0. The number of amides is 4. The summed E-state index contributed by atoms with van der Waals surface area (Å²) in [6, 6.07) is 37.7. The van der Waals surface area contributed by atoms with E-state index in [1.807, 2.05) is 72.8 Å². The molecule has 0 fully saturated rings. The maximum atomic E-state index is 13.7. The number of hydrogen-bond acceptors (Lipinski definition) is 8. The first kappa shape index (κ1) is 28.9. The molecule has 10 nitrogen and oxygen atoms in total. The molecular weight excluding hydrogens is 677 g/mol. The summed E-state index contributed by atoms with van der Waals surface area (Å²) in [5, 5.41) is 4.13. The molecule has 2 aliphatic carbocycles. The van der Waals surface area contributed by atoms with E-state index in [4.69, 9.17) is 19.9 Å². The van der Waals surface area contributed by atoms with Crippen LogP contribution in [0, 0.1) is 0 Å². The Bertz CT molecular complexity index is 2770. The smallest absolute Gasteiger partial charge is 0.266 e. The molecule has 2 aromatic heterocycles. The predicted molar refractivity (Wildman–Crippen MR) is 202 cm³/mol. The van der Waals surface area contributed by atoms with Gasteiger partial charge in [-0.25, -0.2) is 29.7 Å². The van der Waals surface area contributed by atoms with Crippen molar-refractivity contribution < 1.29 is 19.2 Å². The molecule has 54 heavy (non-hydrogen) atoms. The zero-order valence-electron chi connectivity index (χ0n) is 27.9. The van der Waals surface area contributed by atoms with Crippen molar-refractivity contribution in [2.45, 2.75) is 0 Å². The van der Waals surface area contributed by atoms with Gasteiger partial charge >= 0.3 is 0 Å². The van der Waals surface area contributed by atoms with Gasteiger partial charge in [-0.1, -0.05) is 97.1 Å². The summed E-state index contributed by atoms with van der Waals surface area (Å²) in [4.78, 5) is 75.7. The van der Waals surface area contributed by atoms with Crippen LogP contribution in [-0.4, -0.2) is 43.6 Å². The maximum Gasteiger partial charge on any atom is 0.286 e. The maximum absolute atomic E-state index is 13.7. The minimum Gasteiger partial charge on any atom is -0.266 e. The molecule has 10 heteroatoms. The largest absolute Gasteiger partial charge is 0.286 e. The fourth-order valence-corrected chi connectivity index (χ4v) is 8.37. The molecule has 0 radical (unpaired) electrons. The fraction of sp³-hybridized carbons (Fsp3) is 0. The van der Waals surface area contributed by atoms with Crippen LogP contribution in [-0.2, 0) is 0 Å². The molecule has 0 saturated carbocycles. The van der Waals surface area contributed by atoms with Gasteiger partial charge in [-0.05, 0) is 46.2 Å². The quantitative estimate of drug-likeness (QED) is 0.170. The van der Waals surface area contributed by atoms with Gasteiger partial charge in [0, 0.05) is 33.0 Å². The molecule has 0 N–H and O–H groups in total. The molecule has 2 aliphatic heterocycles. The molecule has 0 unspecified atom stereocenters. The van der Waals surface area contributed by atoms with Gasteiger partial charge in [0.1, 0.15) is 0 Å². The van der Waals surface area contributed by atoms with Gasteiger partial charge < -0.3 is 0 Å². The monoisotopic (exact) mass is 696 g/mol. The van der Waals surface area contributed by atoms with E-state index >= 15 is 0 Å². The van der Waals surface area contributed by atoms with Crippen molar-refractivity contribution in [1.29, 1.82) is 0 Å². The zero-order valence-corrected chi connectivity index (χ0v) is 27.9. The number of nitrogens with zero attached hydrogens (tertiary/aromatic N) is 6. The molecule has 250 valence electrons. The van der Waals surface area contributed by atoms with Gasteiger partial charge in [-0.15, -0.1) is 0 Å². The Morgan fingerprint density at radius 2 is 0.593 bits per heavy atom. The van der Waals surface area contributed by atoms with Crippen LogP contribution in [0.2, 0.25) is 0 Å². The Morgan fingerprint density at radius 3 is 0.870 bits per heavy atom. The number of benzene rings is 6. The lowest BCUT2D eigenvalue weighted by molar-refractivity contribution is 0.0907. The van der Waals surface area contributed by atoms with E-state index in [1.165, 1.54) is 0 Å². The lowest BCUT2D eigenvalue weighted by atomic mass is 10.0. The zero-order chi connectivity index (χ0) is 36.0. The number of carbonyl (C=O) groups is 4. The lowest BCUT2D eigenvalue weighted by Gasteiger charge is -2.15. The van der Waals surface area contributed by atoms with Crippen LogP contribution in [0.1, 0.15) is 42.0 Å². The molecule has 6 aromatic carbocycles. The second-order valence-electron chi connectivity index (χ2n) is 13.6. The Morgan fingerprint density at radius 1 is 0.315 bits per heavy atom. The van der Waals surface area contributed by atoms with Crippen LogP contribution in [0.15, 0.2) is 121 Å². The highest BCUT2D eigenvalue weighted by Gasteiger charge is 2.43. The van der Waals surface area contributed by atoms with E-state index in [1.54, 1.807) is 48.5 Å². The van der Waals surface area contributed by atoms with Crippen LogP contribution < -0.4 is 9.80 Å². The molecule has 12 rings (SSSR count). The molecule has 0 spiro atoms. The van der Waals surface area contributed by atoms with Crippen LogP contribution in [0.4, 0.5) is 11.4 Å². The van der Waals surface area contributed by atoms with Gasteiger partial charge in [0.2, 0.25) is 0 Å². The number of anilines is 2. The normalized spacial score (nSPS) is 14.4. The lowest BCUT2D eigenvalue weighted by Crippen LogP contribution is -2.29. The van der Waals surface area contributed by atoms with Crippen molar-refractivity contribution in [3.63, 3.8) is 0 Å². The highest BCUT2D eigenvalue weighted by Crippen LogP contribution is 2.48. The van der Waals surface area contributed by atoms with Crippen molar-refractivity contribution in [2.75, 3.05) is 9.80 Å². The standard InChI is InChI=1S/C44H20N6O4/c51-41-37-38(46-34-28-10-2-6-23-5-1-9-27(31(23)28)33(34)45-37)42(52)49(41)25-17-13-21(14-18-25)22-15-19-26(20-16-22)50-43(53)39-40(44(50)54)48-36-30-12-4-8-24-7-3-11-29(32(24)30)35(36)47-39/h1-20H. The molecule has 0 atom stereocenters. The van der Waals surface area contributed by atoms with Gasteiger partial charge in [-0.3, -0.25) is 19.2 Å². The van der Waals surface area contributed by atoms with Gasteiger partial charge in [-0.2, -0.15) is 0 Å². The van der Waals surface area contributed by atoms with Crippen LogP contribution in [0.25, 0.3) is 77.7 Å². The number of fused-ring (bicyclic) bond motifs is 8. The summed E-state index contributed by atoms with van der Waals surface area (Å²) in [5.74, 6) is -2.10. The molecule has 4 heterocycles. The minimum atomic E-state index is -0.526. The van der Waals surface area contributed by atoms with Crippen molar-refractivity contribution in [2.24, 2.45) is 0 Å². The first-order valence-corrected chi connectivity index (χ1v) is 17.3. The van der Waals surface area contributed by atoms with Crippen molar-refractivity contribution in [1.82, 2.24) is 19.9 Å². The summed E-state index contributed by atoms with van der Waals surface area (Å²) in [6.45, 7) is 0. The molecular formula is C44H20N6O4. The second-order valence-corrected chi connectivity index (χ2v) is 13.6. The van der Waals surface area contributed by atoms with E-state index in [0.29, 0.717) is 34.2 Å². The van der Waals surface area contributed by atoms with Gasteiger partial charge in [0.05, 0.1) is 34.2 Å². The number of aromatic nitrogens is 4. The van der Waals surface area contributed by atoms with Crippen molar-refractivity contribution in [3.8, 4) is 56.2 Å². The molecule has 8 aromatic rings. The number of rotatable bonds is 3. The van der Waals surface area contributed by atoms with Crippen LogP contribution in [0.5, 0.6) is 0 Å². The summed E-state index contributed by atoms with van der Waals surface area (Å²) < 4.78 is 0. The molecule has 0 bridgehead atoms. The van der Waals surface area contributed by atoms with Gasteiger partial charge in [0.15, 0.2) is 22.8 Å². The SMILES string of the molecule is O=C1c2nc3c(nc2C(=O)N1c1ccc(-c2ccc(N4C(=O)c5nc6c(nc5C4=O)-c4cccc5cccc-6c45)cc2)cc1)-c1cccc2cccc-3c12. The third-order valence-corrected chi connectivity index (χ3v) is 10.8. The second kappa shape index (κ2) is 9.99. The highest BCUT2D eigenvalue weighted by atomic mass is 16.2. The third kappa shape index (κ3) is 3.58. The van der Waals surface area contributed by atoms with E-state index < -0.39 is 23.6 Å². The van der Waals surface area contributed by atoms with Crippen molar-refractivity contribution >= 4 is 56.5 Å². The highest BCUT2D eigenvalue weighted by molar-refractivity contribution is 6.34. The number of imide groups is 2. The molecule has 0 saturated heterocycles. The van der Waals surface area contributed by atoms with E-state index in [9.17, 15) is 19.2 Å². The Hall–Kier alpha value is -7.72. The van der Waals surface area contributed by atoms with E-state index in [0.717, 1.165) is 64.7 Å². The van der Waals surface area contributed by atoms with E-state index in [2.05, 4.69) is 0 Å².